The summed E-state index contributed by atoms with van der Waals surface area (Å²) in [4.78, 5) is 25.1. The molecule has 1 aliphatic rings. The first-order valence-corrected chi connectivity index (χ1v) is 5.42. The highest BCUT2D eigenvalue weighted by Crippen LogP contribution is 2.35. The van der Waals surface area contributed by atoms with E-state index in [4.69, 9.17) is 10.5 Å². The Morgan fingerprint density at radius 1 is 1.21 bits per heavy atom. The molecule has 1 aliphatic heterocycles. The van der Waals surface area contributed by atoms with E-state index >= 15 is 0 Å². The highest BCUT2D eigenvalue weighted by atomic mass is 16.5. The molecule has 0 saturated carbocycles. The molecule has 1 fully saturated rings. The molecule has 1 heterocycles. The van der Waals surface area contributed by atoms with Crippen molar-refractivity contribution in [3.8, 4) is 12.1 Å². The van der Waals surface area contributed by atoms with Crippen molar-refractivity contribution in [2.24, 2.45) is 11.8 Å². The van der Waals surface area contributed by atoms with E-state index in [1.165, 1.54) is 19.1 Å². The van der Waals surface area contributed by atoms with Crippen LogP contribution in [0, 0.1) is 34.5 Å². The number of carbonyl (C=O) groups excluding carboxylic acids is 2. The minimum Gasteiger partial charge on any atom is -0.469 e. The Balaban J connectivity index is 3.36. The van der Waals surface area contributed by atoms with Crippen molar-refractivity contribution in [1.29, 1.82) is 10.5 Å². The fraction of sp³-hybridized carbons (Fsp3) is 0.500. The van der Waals surface area contributed by atoms with E-state index in [0.717, 1.165) is 0 Å². The smallest absolute Gasteiger partial charge is 0.315 e. The molecular weight excluding hydrogens is 250 g/mol. The molecule has 0 bridgehead atoms. The first kappa shape index (κ1) is 14.5. The van der Waals surface area contributed by atoms with Gasteiger partial charge in [-0.05, 0) is 0 Å². The van der Waals surface area contributed by atoms with Crippen LogP contribution >= 0.6 is 0 Å². The fourth-order valence-corrected chi connectivity index (χ4v) is 2.18. The fourth-order valence-electron chi connectivity index (χ4n) is 2.18. The average molecular weight is 263 g/mol. The molecule has 0 spiro atoms. The monoisotopic (exact) mass is 263 g/mol. The van der Waals surface area contributed by atoms with Crippen LogP contribution in [0.4, 0.5) is 0 Å². The van der Waals surface area contributed by atoms with Crippen LogP contribution in [0.2, 0.25) is 0 Å². The molecule has 0 N–H and O–H groups in total. The topological polar surface area (TPSA) is 103 Å². The second kappa shape index (κ2) is 5.87. The summed E-state index contributed by atoms with van der Waals surface area (Å²) in [6.45, 7) is 0.189. The second-order valence-electron chi connectivity index (χ2n) is 3.99. The van der Waals surface area contributed by atoms with Gasteiger partial charge >= 0.3 is 11.9 Å². The number of hydrogen-bond donors (Lipinski definition) is 0. The van der Waals surface area contributed by atoms with Crippen LogP contribution in [0.15, 0.2) is 11.3 Å². The molecule has 7 nitrogen and oxygen atoms in total. The number of methoxy groups -OCH3 is 2. The Morgan fingerprint density at radius 2 is 1.74 bits per heavy atom. The Labute approximate surface area is 110 Å². The summed E-state index contributed by atoms with van der Waals surface area (Å²) in [6.07, 6.45) is 0. The number of likely N-dealkylation sites (tertiary alicyclic amines) is 1. The van der Waals surface area contributed by atoms with Crippen molar-refractivity contribution < 1.29 is 19.1 Å². The van der Waals surface area contributed by atoms with Crippen LogP contribution < -0.4 is 0 Å². The van der Waals surface area contributed by atoms with Gasteiger partial charge in [0.25, 0.3) is 0 Å². The van der Waals surface area contributed by atoms with Gasteiger partial charge < -0.3 is 14.4 Å². The van der Waals surface area contributed by atoms with Gasteiger partial charge in [0, 0.05) is 13.6 Å². The first-order valence-electron chi connectivity index (χ1n) is 5.42. The largest absolute Gasteiger partial charge is 0.469 e. The summed E-state index contributed by atoms with van der Waals surface area (Å²) >= 11 is 0. The normalized spacial score (nSPS) is 21.3. The minimum absolute atomic E-state index is 0.189. The van der Waals surface area contributed by atoms with Crippen LogP contribution in [0.1, 0.15) is 0 Å². The predicted molar refractivity (Wildman–Crippen MR) is 61.9 cm³/mol. The molecule has 0 aromatic rings. The number of nitriles is 2. The van der Waals surface area contributed by atoms with Crippen LogP contribution in [-0.2, 0) is 19.1 Å². The van der Waals surface area contributed by atoms with Gasteiger partial charge in [-0.1, -0.05) is 0 Å². The van der Waals surface area contributed by atoms with Gasteiger partial charge in [0.1, 0.15) is 23.6 Å². The summed E-state index contributed by atoms with van der Waals surface area (Å²) in [6, 6.07) is 3.45. The first-order chi connectivity index (χ1) is 9.01. The van der Waals surface area contributed by atoms with Crippen molar-refractivity contribution in [2.45, 2.75) is 0 Å². The van der Waals surface area contributed by atoms with E-state index in [-0.39, 0.29) is 17.8 Å². The maximum Gasteiger partial charge on any atom is 0.315 e. The molecule has 19 heavy (non-hydrogen) atoms. The van der Waals surface area contributed by atoms with Gasteiger partial charge in [0.15, 0.2) is 0 Å². The van der Waals surface area contributed by atoms with Crippen molar-refractivity contribution in [3.63, 3.8) is 0 Å². The zero-order chi connectivity index (χ0) is 14.6. The van der Waals surface area contributed by atoms with Crippen LogP contribution in [0.25, 0.3) is 0 Å². The Hall–Kier alpha value is -2.54. The third-order valence-electron chi connectivity index (χ3n) is 3.02. The van der Waals surface area contributed by atoms with Crippen molar-refractivity contribution in [3.05, 3.63) is 11.3 Å². The van der Waals surface area contributed by atoms with E-state index in [1.54, 1.807) is 19.2 Å². The highest BCUT2D eigenvalue weighted by molar-refractivity contribution is 5.86. The molecule has 0 aliphatic carbocycles. The molecular formula is C12H13N3O4. The highest BCUT2D eigenvalue weighted by Gasteiger charge is 2.47. The SMILES string of the molecule is COC(=O)[C@H]1C(=C(C#N)C#N)N(C)C[C@@H]1C(=O)OC. The lowest BCUT2D eigenvalue weighted by atomic mass is 9.92. The number of nitrogens with zero attached hydrogens (tertiary/aromatic N) is 3. The van der Waals surface area contributed by atoms with Crippen molar-refractivity contribution >= 4 is 11.9 Å². The molecule has 0 aromatic carbocycles. The summed E-state index contributed by atoms with van der Waals surface area (Å²) < 4.78 is 9.29. The van der Waals surface area contributed by atoms with Crippen molar-refractivity contribution in [2.75, 3.05) is 27.8 Å². The lowest BCUT2D eigenvalue weighted by molar-refractivity contribution is -0.154. The summed E-state index contributed by atoms with van der Waals surface area (Å²) in [5.74, 6) is -3.02. The summed E-state index contributed by atoms with van der Waals surface area (Å²) in [5.41, 5.74) is -0.00319. The zero-order valence-electron chi connectivity index (χ0n) is 10.8. The zero-order valence-corrected chi connectivity index (χ0v) is 10.8. The lowest BCUT2D eigenvalue weighted by Gasteiger charge is -2.16. The number of ether oxygens (including phenoxy) is 2. The quantitative estimate of drug-likeness (QED) is 0.502. The minimum atomic E-state index is -0.989. The molecule has 100 valence electrons. The van der Waals surface area contributed by atoms with E-state index < -0.39 is 23.8 Å². The van der Waals surface area contributed by atoms with Crippen LogP contribution in [0.5, 0.6) is 0 Å². The number of rotatable bonds is 2. The van der Waals surface area contributed by atoms with Gasteiger partial charge in [-0.25, -0.2) is 0 Å². The van der Waals surface area contributed by atoms with Gasteiger partial charge in [-0.3, -0.25) is 9.59 Å². The molecule has 2 atom stereocenters. The molecule has 0 radical (unpaired) electrons. The lowest BCUT2D eigenvalue weighted by Crippen LogP contribution is -2.30. The average Bonchev–Trinajstić information content (AvgIpc) is 2.76. The molecule has 1 rings (SSSR count). The second-order valence-corrected chi connectivity index (χ2v) is 3.99. The Morgan fingerprint density at radius 3 is 2.16 bits per heavy atom. The third-order valence-corrected chi connectivity index (χ3v) is 3.02. The van der Waals surface area contributed by atoms with Gasteiger partial charge in [0.05, 0.1) is 25.8 Å². The van der Waals surface area contributed by atoms with E-state index in [0.29, 0.717) is 0 Å². The molecule has 0 unspecified atom stereocenters. The van der Waals surface area contributed by atoms with Crippen LogP contribution in [-0.4, -0.2) is 44.7 Å². The number of esters is 2. The number of allylic oxidation sites excluding steroid dienone is 1. The number of carbonyl (C=O) groups is 2. The van der Waals surface area contributed by atoms with Gasteiger partial charge in [-0.15, -0.1) is 0 Å². The number of hydrogen-bond acceptors (Lipinski definition) is 7. The van der Waals surface area contributed by atoms with Gasteiger partial charge in [-0.2, -0.15) is 10.5 Å². The Bertz CT molecular complexity index is 496. The Kier molecular flexibility index (Phi) is 4.49. The summed E-state index contributed by atoms with van der Waals surface area (Å²) in [5, 5.41) is 17.9. The van der Waals surface area contributed by atoms with E-state index in [2.05, 4.69) is 9.47 Å². The maximum atomic E-state index is 11.8. The molecule has 7 heteroatoms. The maximum absolute atomic E-state index is 11.8. The van der Waals surface area contributed by atoms with Gasteiger partial charge in [0.2, 0.25) is 0 Å². The third kappa shape index (κ3) is 2.50. The molecule has 1 saturated heterocycles. The predicted octanol–water partition coefficient (Wildman–Crippen LogP) is -0.189. The van der Waals surface area contributed by atoms with E-state index in [1.807, 2.05) is 0 Å². The molecule has 0 amide bonds. The summed E-state index contributed by atoms with van der Waals surface area (Å²) in [7, 11) is 4.00. The standard InChI is InChI=1S/C12H13N3O4/c1-15-6-8(11(16)18-2)9(12(17)19-3)10(15)7(4-13)5-14/h8-9H,6H2,1-3H3/t8-,9+/m0/s1. The van der Waals surface area contributed by atoms with E-state index in [9.17, 15) is 9.59 Å². The molecule has 0 aromatic heterocycles. The van der Waals surface area contributed by atoms with Crippen LogP contribution in [0.3, 0.4) is 0 Å². The van der Waals surface area contributed by atoms with Crippen molar-refractivity contribution in [1.82, 2.24) is 4.90 Å².